The van der Waals surface area contributed by atoms with Crippen molar-refractivity contribution in [3.63, 3.8) is 0 Å². The van der Waals surface area contributed by atoms with Gasteiger partial charge in [0.05, 0.1) is 0 Å². The second kappa shape index (κ2) is 4.14. The fourth-order valence-corrected chi connectivity index (χ4v) is 0.243. The predicted octanol–water partition coefficient (Wildman–Crippen LogP) is 2.05. The molecule has 0 bridgehead atoms. The monoisotopic (exact) mass is 137 g/mol. The van der Waals surface area contributed by atoms with Gasteiger partial charge in [-0.15, -0.1) is 0 Å². The van der Waals surface area contributed by atoms with Gasteiger partial charge in [-0.05, 0) is 6.08 Å². The van der Waals surface area contributed by atoms with E-state index < -0.39 is 18.5 Å². The van der Waals surface area contributed by atoms with Crippen LogP contribution in [0.15, 0.2) is 24.1 Å². The molecule has 9 heavy (non-hydrogen) atoms. The van der Waals surface area contributed by atoms with Crippen LogP contribution in [0, 0.1) is 0 Å². The van der Waals surface area contributed by atoms with Gasteiger partial charge >= 0.3 is 0 Å². The summed E-state index contributed by atoms with van der Waals surface area (Å²) in [4.78, 5) is 0. The summed E-state index contributed by atoms with van der Waals surface area (Å²) in [5.74, 6) is -1.19. The highest BCUT2D eigenvalue weighted by atomic mass is 19.3. The Morgan fingerprint density at radius 3 is 2.22 bits per heavy atom. The van der Waals surface area contributed by atoms with Crippen molar-refractivity contribution in [1.29, 1.82) is 0 Å². The van der Waals surface area contributed by atoms with E-state index >= 15 is 0 Å². The maximum Gasteiger partial charge on any atom is 0.273 e. The maximum atomic E-state index is 11.8. The fourth-order valence-electron chi connectivity index (χ4n) is 0.243. The molecule has 0 aromatic rings. The van der Waals surface area contributed by atoms with E-state index in [4.69, 9.17) is 0 Å². The van der Waals surface area contributed by atoms with Crippen LogP contribution in [-0.4, -0.2) is 6.61 Å². The van der Waals surface area contributed by atoms with Crippen molar-refractivity contribution in [3.8, 4) is 0 Å². The Morgan fingerprint density at radius 1 is 1.33 bits per heavy atom. The molecule has 0 aliphatic rings. The maximum absolute atomic E-state index is 11.8. The summed E-state index contributed by atoms with van der Waals surface area (Å²) >= 11 is 0. The minimum atomic E-state index is -2.14. The molecule has 0 aliphatic heterocycles. The molecular weight excluding hydrogens is 133 g/mol. The van der Waals surface area contributed by atoms with Gasteiger partial charge in [-0.2, -0.15) is 8.78 Å². The number of allylic oxidation sites excluding steroid dienone is 2. The second-order valence-corrected chi connectivity index (χ2v) is 1.19. The SMILES string of the molecule is [O]C/C=C(\F)C=C(F)F. The van der Waals surface area contributed by atoms with Crippen molar-refractivity contribution in [3.05, 3.63) is 24.1 Å². The van der Waals surface area contributed by atoms with Crippen LogP contribution in [0.5, 0.6) is 0 Å². The molecule has 0 atom stereocenters. The standard InChI is InChI=1S/C5H4F3O/c6-4(1-2-9)3-5(7)8/h1,3H,2H2/b4-1-. The van der Waals surface area contributed by atoms with Crippen LogP contribution >= 0.6 is 0 Å². The van der Waals surface area contributed by atoms with Crippen LogP contribution in [0.3, 0.4) is 0 Å². The van der Waals surface area contributed by atoms with Crippen LogP contribution < -0.4 is 0 Å². The largest absolute Gasteiger partial charge is 0.273 e. The van der Waals surface area contributed by atoms with Crippen LogP contribution in [0.2, 0.25) is 0 Å². The smallest absolute Gasteiger partial charge is 0.232 e. The van der Waals surface area contributed by atoms with Crippen molar-refractivity contribution in [2.24, 2.45) is 0 Å². The first-order chi connectivity index (χ1) is 4.16. The second-order valence-electron chi connectivity index (χ2n) is 1.19. The van der Waals surface area contributed by atoms with Gasteiger partial charge in [-0.3, -0.25) is 0 Å². The first-order valence-electron chi connectivity index (χ1n) is 2.13. The van der Waals surface area contributed by atoms with Gasteiger partial charge in [-0.1, -0.05) is 0 Å². The van der Waals surface area contributed by atoms with Gasteiger partial charge in [0.25, 0.3) is 6.08 Å². The van der Waals surface area contributed by atoms with E-state index in [1.165, 1.54) is 0 Å². The molecule has 0 saturated heterocycles. The van der Waals surface area contributed by atoms with Crippen molar-refractivity contribution < 1.29 is 18.3 Å². The van der Waals surface area contributed by atoms with E-state index in [1.807, 2.05) is 0 Å². The Kier molecular flexibility index (Phi) is 3.79. The highest BCUT2D eigenvalue weighted by Gasteiger charge is 1.91. The average Bonchev–Trinajstić information content (AvgIpc) is 1.63. The summed E-state index contributed by atoms with van der Waals surface area (Å²) in [5.41, 5.74) is 0. The molecule has 0 spiro atoms. The number of hydrogen-bond donors (Lipinski definition) is 0. The summed E-state index contributed by atoms with van der Waals surface area (Å²) < 4.78 is 33.9. The summed E-state index contributed by atoms with van der Waals surface area (Å²) in [6.45, 7) is -0.824. The molecule has 0 aromatic heterocycles. The first-order valence-corrected chi connectivity index (χ1v) is 2.13. The Labute approximate surface area is 50.1 Å². The minimum Gasteiger partial charge on any atom is -0.232 e. The molecule has 0 unspecified atom stereocenters. The third-order valence-electron chi connectivity index (χ3n) is 0.525. The lowest BCUT2D eigenvalue weighted by atomic mass is 10.5. The summed E-state index contributed by atoms with van der Waals surface area (Å²) in [6.07, 6.45) is -1.62. The van der Waals surface area contributed by atoms with Gasteiger partial charge in [0.1, 0.15) is 12.4 Å². The Hall–Kier alpha value is -0.770. The van der Waals surface area contributed by atoms with Crippen LogP contribution in [0.4, 0.5) is 13.2 Å². The third kappa shape index (κ3) is 5.10. The summed E-state index contributed by atoms with van der Waals surface area (Å²) in [6, 6.07) is 0. The molecule has 0 aromatic carbocycles. The molecule has 0 N–H and O–H groups in total. The quantitative estimate of drug-likeness (QED) is 0.519. The number of hydrogen-bond acceptors (Lipinski definition) is 0. The van der Waals surface area contributed by atoms with Crippen LogP contribution in [0.25, 0.3) is 0 Å². The molecule has 0 aliphatic carbocycles. The third-order valence-corrected chi connectivity index (χ3v) is 0.525. The lowest BCUT2D eigenvalue weighted by Crippen LogP contribution is -1.72. The molecule has 1 radical (unpaired) electrons. The van der Waals surface area contributed by atoms with Gasteiger partial charge < -0.3 is 0 Å². The summed E-state index contributed by atoms with van der Waals surface area (Å²) in [7, 11) is 0. The zero-order valence-corrected chi connectivity index (χ0v) is 4.40. The lowest BCUT2D eigenvalue weighted by Gasteiger charge is -1.80. The first kappa shape index (κ1) is 8.23. The highest BCUT2D eigenvalue weighted by Crippen LogP contribution is 2.05. The predicted molar refractivity (Wildman–Crippen MR) is 25.0 cm³/mol. The zero-order valence-electron chi connectivity index (χ0n) is 4.40. The van der Waals surface area contributed by atoms with E-state index in [1.54, 1.807) is 0 Å². The zero-order chi connectivity index (χ0) is 7.28. The van der Waals surface area contributed by atoms with Gasteiger partial charge in [0.2, 0.25) is 0 Å². The van der Waals surface area contributed by atoms with E-state index in [-0.39, 0.29) is 6.08 Å². The van der Waals surface area contributed by atoms with Crippen LogP contribution in [-0.2, 0) is 5.11 Å². The molecular formula is C5H4F3O. The molecule has 0 heterocycles. The lowest BCUT2D eigenvalue weighted by molar-refractivity contribution is 0.230. The van der Waals surface area contributed by atoms with E-state index in [9.17, 15) is 18.3 Å². The van der Waals surface area contributed by atoms with E-state index in [2.05, 4.69) is 0 Å². The highest BCUT2D eigenvalue weighted by molar-refractivity contribution is 5.10. The molecule has 0 amide bonds. The van der Waals surface area contributed by atoms with Gasteiger partial charge in [-0.25, -0.2) is 9.50 Å². The molecule has 1 nitrogen and oxygen atoms in total. The van der Waals surface area contributed by atoms with E-state index in [0.717, 1.165) is 0 Å². The van der Waals surface area contributed by atoms with Crippen molar-refractivity contribution in [2.75, 3.05) is 6.61 Å². The molecule has 4 heteroatoms. The molecule has 0 saturated carbocycles. The molecule has 0 rings (SSSR count). The van der Waals surface area contributed by atoms with Crippen molar-refractivity contribution in [2.45, 2.75) is 0 Å². The minimum absolute atomic E-state index is 0.00208. The fraction of sp³-hybridized carbons (Fsp3) is 0.200. The van der Waals surface area contributed by atoms with E-state index in [0.29, 0.717) is 6.08 Å². The topological polar surface area (TPSA) is 19.9 Å². The number of halogens is 3. The molecule has 0 fully saturated rings. The van der Waals surface area contributed by atoms with Gasteiger partial charge in [0.15, 0.2) is 0 Å². The number of rotatable bonds is 2. The Balaban J connectivity index is 3.90. The van der Waals surface area contributed by atoms with Crippen LogP contribution in [0.1, 0.15) is 0 Å². The normalized spacial score (nSPS) is 11.3. The average molecular weight is 137 g/mol. The van der Waals surface area contributed by atoms with Crippen molar-refractivity contribution >= 4 is 0 Å². The van der Waals surface area contributed by atoms with Gasteiger partial charge in [0, 0.05) is 6.08 Å². The van der Waals surface area contributed by atoms with Crippen molar-refractivity contribution in [1.82, 2.24) is 0 Å². The Morgan fingerprint density at radius 2 is 1.89 bits per heavy atom. The Bertz CT molecular complexity index is 135. The molecule has 51 valence electrons. The summed E-state index contributed by atoms with van der Waals surface area (Å²) in [5, 5.41) is 9.53.